The summed E-state index contributed by atoms with van der Waals surface area (Å²) in [5.74, 6) is 0.169. The fourth-order valence-corrected chi connectivity index (χ4v) is 2.90. The molecule has 0 spiro atoms. The van der Waals surface area contributed by atoms with Gasteiger partial charge in [0.05, 0.1) is 18.4 Å². The topological polar surface area (TPSA) is 55.3 Å². The summed E-state index contributed by atoms with van der Waals surface area (Å²) in [6, 6.07) is 6.88. The summed E-state index contributed by atoms with van der Waals surface area (Å²) >= 11 is 0. The molecule has 0 N–H and O–H groups in total. The van der Waals surface area contributed by atoms with Crippen LogP contribution in [0, 0.1) is 18.7 Å². The first kappa shape index (κ1) is 16.4. The Morgan fingerprint density at radius 3 is 3.08 bits per heavy atom. The van der Waals surface area contributed by atoms with Crippen molar-refractivity contribution in [2.24, 2.45) is 5.92 Å². The fourth-order valence-electron chi connectivity index (χ4n) is 2.90. The number of nitrogens with zero attached hydrogens (tertiary/aromatic N) is 3. The van der Waals surface area contributed by atoms with E-state index in [0.717, 1.165) is 24.7 Å². The minimum atomic E-state index is -0.497. The highest BCUT2D eigenvalue weighted by molar-refractivity contribution is 5.93. The predicted octanol–water partition coefficient (Wildman–Crippen LogP) is 2.86. The molecule has 1 saturated heterocycles. The van der Waals surface area contributed by atoms with Gasteiger partial charge in [0.2, 0.25) is 5.88 Å². The zero-order valence-electron chi connectivity index (χ0n) is 13.6. The van der Waals surface area contributed by atoms with E-state index < -0.39 is 5.82 Å². The number of hydrogen-bond donors (Lipinski definition) is 0. The Bertz CT molecular complexity index is 723. The Kier molecular flexibility index (Phi) is 5.03. The van der Waals surface area contributed by atoms with E-state index in [1.165, 1.54) is 12.3 Å². The van der Waals surface area contributed by atoms with E-state index in [9.17, 15) is 9.18 Å². The number of amides is 1. The molecule has 0 aromatic carbocycles. The number of carbonyl (C=O) groups is 1. The summed E-state index contributed by atoms with van der Waals surface area (Å²) in [5.41, 5.74) is 1.20. The van der Waals surface area contributed by atoms with Gasteiger partial charge in [-0.2, -0.15) is 0 Å². The predicted molar refractivity (Wildman–Crippen MR) is 87.3 cm³/mol. The average Bonchev–Trinajstić information content (AvgIpc) is 2.60. The molecule has 0 radical (unpaired) electrons. The molecule has 126 valence electrons. The van der Waals surface area contributed by atoms with Crippen molar-refractivity contribution in [3.05, 3.63) is 53.7 Å². The van der Waals surface area contributed by atoms with Crippen molar-refractivity contribution >= 4 is 5.91 Å². The maximum Gasteiger partial charge on any atom is 0.255 e. The quantitative estimate of drug-likeness (QED) is 0.865. The highest BCUT2D eigenvalue weighted by Gasteiger charge is 2.25. The Morgan fingerprint density at radius 2 is 2.29 bits per heavy atom. The van der Waals surface area contributed by atoms with Gasteiger partial charge >= 0.3 is 0 Å². The van der Waals surface area contributed by atoms with Crippen molar-refractivity contribution in [2.75, 3.05) is 19.7 Å². The van der Waals surface area contributed by atoms with Gasteiger partial charge in [0, 0.05) is 37.0 Å². The van der Waals surface area contributed by atoms with E-state index in [4.69, 9.17) is 4.74 Å². The van der Waals surface area contributed by atoms with Crippen LogP contribution in [0.4, 0.5) is 4.39 Å². The molecule has 2 aromatic heterocycles. The molecule has 1 aliphatic heterocycles. The third kappa shape index (κ3) is 4.07. The van der Waals surface area contributed by atoms with Crippen LogP contribution in [0.25, 0.3) is 0 Å². The Morgan fingerprint density at radius 1 is 1.42 bits per heavy atom. The molecular formula is C18H20FN3O2. The first-order valence-corrected chi connectivity index (χ1v) is 8.08. The molecule has 1 aliphatic rings. The number of ether oxygens (including phenoxy) is 1. The highest BCUT2D eigenvalue weighted by atomic mass is 19.1. The number of halogens is 1. The van der Waals surface area contributed by atoms with E-state index in [1.807, 2.05) is 25.1 Å². The third-order valence-corrected chi connectivity index (χ3v) is 4.09. The first-order valence-electron chi connectivity index (χ1n) is 8.08. The molecule has 1 unspecified atom stereocenters. The molecule has 1 fully saturated rings. The Hall–Kier alpha value is -2.50. The lowest BCUT2D eigenvalue weighted by Gasteiger charge is -2.32. The van der Waals surface area contributed by atoms with Crippen LogP contribution >= 0.6 is 0 Å². The van der Waals surface area contributed by atoms with Crippen molar-refractivity contribution in [2.45, 2.75) is 19.8 Å². The molecule has 0 aliphatic carbocycles. The van der Waals surface area contributed by atoms with Gasteiger partial charge in [-0.1, -0.05) is 6.07 Å². The second kappa shape index (κ2) is 7.38. The average molecular weight is 329 g/mol. The van der Waals surface area contributed by atoms with Gasteiger partial charge in [0.15, 0.2) is 0 Å². The van der Waals surface area contributed by atoms with Gasteiger partial charge in [-0.05, 0) is 31.9 Å². The minimum Gasteiger partial charge on any atom is -0.477 e. The molecule has 5 nitrogen and oxygen atoms in total. The largest absolute Gasteiger partial charge is 0.477 e. The minimum absolute atomic E-state index is 0.180. The lowest BCUT2D eigenvalue weighted by Crippen LogP contribution is -2.41. The number of aromatic nitrogens is 2. The van der Waals surface area contributed by atoms with Gasteiger partial charge in [-0.15, -0.1) is 0 Å². The van der Waals surface area contributed by atoms with Crippen molar-refractivity contribution in [3.63, 3.8) is 0 Å². The Balaban J connectivity index is 1.59. The molecule has 24 heavy (non-hydrogen) atoms. The van der Waals surface area contributed by atoms with Crippen molar-refractivity contribution in [3.8, 4) is 5.88 Å². The second-order valence-corrected chi connectivity index (χ2v) is 6.08. The lowest BCUT2D eigenvalue weighted by molar-refractivity contribution is 0.0630. The summed E-state index contributed by atoms with van der Waals surface area (Å²) < 4.78 is 19.0. The summed E-state index contributed by atoms with van der Waals surface area (Å²) in [5, 5.41) is 0. The summed E-state index contributed by atoms with van der Waals surface area (Å²) in [6.07, 6.45) is 4.40. The number of piperidine rings is 1. The van der Waals surface area contributed by atoms with Gasteiger partial charge in [-0.25, -0.2) is 9.37 Å². The number of aryl methyl sites for hydroxylation is 1. The molecule has 2 aromatic rings. The van der Waals surface area contributed by atoms with Crippen LogP contribution in [-0.4, -0.2) is 40.5 Å². The molecule has 1 amide bonds. The summed E-state index contributed by atoms with van der Waals surface area (Å²) in [4.78, 5) is 22.3. The van der Waals surface area contributed by atoms with E-state index in [1.54, 1.807) is 4.90 Å². The normalized spacial score (nSPS) is 17.6. The summed E-state index contributed by atoms with van der Waals surface area (Å²) in [6.45, 7) is 3.71. The Labute approximate surface area is 140 Å². The molecule has 0 bridgehead atoms. The molecule has 0 saturated carbocycles. The van der Waals surface area contributed by atoms with Crippen LogP contribution < -0.4 is 4.74 Å². The molecular weight excluding hydrogens is 309 g/mol. The van der Waals surface area contributed by atoms with Crippen LogP contribution in [0.3, 0.4) is 0 Å². The number of rotatable bonds is 4. The molecule has 6 heteroatoms. The molecule has 3 heterocycles. The van der Waals surface area contributed by atoms with Crippen molar-refractivity contribution < 1.29 is 13.9 Å². The van der Waals surface area contributed by atoms with Crippen LogP contribution in [0.5, 0.6) is 5.88 Å². The van der Waals surface area contributed by atoms with Crippen LogP contribution in [-0.2, 0) is 0 Å². The van der Waals surface area contributed by atoms with Gasteiger partial charge in [0.25, 0.3) is 5.91 Å². The highest BCUT2D eigenvalue weighted by Crippen LogP contribution is 2.20. The zero-order valence-corrected chi connectivity index (χ0v) is 13.6. The van der Waals surface area contributed by atoms with E-state index in [-0.39, 0.29) is 17.4 Å². The SMILES string of the molecule is Cc1cccc(OCC2CCCN(C(=O)c3cncc(F)c3)C2)n1. The number of carbonyl (C=O) groups excluding carboxylic acids is 1. The van der Waals surface area contributed by atoms with E-state index in [0.29, 0.717) is 25.6 Å². The first-order chi connectivity index (χ1) is 11.6. The fraction of sp³-hybridized carbons (Fsp3) is 0.389. The summed E-state index contributed by atoms with van der Waals surface area (Å²) in [7, 11) is 0. The van der Waals surface area contributed by atoms with Crippen LogP contribution in [0.15, 0.2) is 36.7 Å². The number of pyridine rings is 2. The van der Waals surface area contributed by atoms with Crippen LogP contribution in [0.1, 0.15) is 28.9 Å². The zero-order chi connectivity index (χ0) is 16.9. The van der Waals surface area contributed by atoms with Gasteiger partial charge < -0.3 is 9.64 Å². The van der Waals surface area contributed by atoms with Crippen molar-refractivity contribution in [1.29, 1.82) is 0 Å². The lowest BCUT2D eigenvalue weighted by atomic mass is 9.98. The van der Waals surface area contributed by atoms with Crippen LogP contribution in [0.2, 0.25) is 0 Å². The van der Waals surface area contributed by atoms with Crippen molar-refractivity contribution in [1.82, 2.24) is 14.9 Å². The van der Waals surface area contributed by atoms with E-state index in [2.05, 4.69) is 9.97 Å². The smallest absolute Gasteiger partial charge is 0.255 e. The molecule has 1 atom stereocenters. The third-order valence-electron chi connectivity index (χ3n) is 4.09. The maximum absolute atomic E-state index is 13.3. The standard InChI is InChI=1S/C18H20FN3O2/c1-13-4-2-6-17(21-13)24-12-14-5-3-7-22(11-14)18(23)15-8-16(19)10-20-9-15/h2,4,6,8-10,14H,3,5,7,11-12H2,1H3. The van der Waals surface area contributed by atoms with E-state index >= 15 is 0 Å². The maximum atomic E-state index is 13.3. The van der Waals surface area contributed by atoms with Gasteiger partial charge in [-0.3, -0.25) is 9.78 Å². The van der Waals surface area contributed by atoms with Gasteiger partial charge in [0.1, 0.15) is 5.82 Å². The molecule has 3 rings (SSSR count). The number of likely N-dealkylation sites (tertiary alicyclic amines) is 1. The number of hydrogen-bond acceptors (Lipinski definition) is 4. The second-order valence-electron chi connectivity index (χ2n) is 6.08. The monoisotopic (exact) mass is 329 g/mol.